The van der Waals surface area contributed by atoms with Crippen molar-refractivity contribution in [3.8, 4) is 6.01 Å². The molecule has 1 aromatic carbocycles. The first-order valence-electron chi connectivity index (χ1n) is 12.4. The smallest absolute Gasteiger partial charge is 0.322 e. The molecule has 3 N–H and O–H groups in total. The molecule has 0 fully saturated rings. The van der Waals surface area contributed by atoms with E-state index in [9.17, 15) is 13.0 Å². The molecular formula is C25H39N5O4S. The summed E-state index contributed by atoms with van der Waals surface area (Å²) in [5, 5.41) is 6.17. The summed E-state index contributed by atoms with van der Waals surface area (Å²) in [6.07, 6.45) is 15.9. The van der Waals surface area contributed by atoms with Crippen LogP contribution in [0.15, 0.2) is 29.2 Å². The van der Waals surface area contributed by atoms with Crippen molar-refractivity contribution in [2.24, 2.45) is 0 Å². The summed E-state index contributed by atoms with van der Waals surface area (Å²) in [5.74, 6) is 0.568. The third-order valence-corrected chi connectivity index (χ3v) is 6.41. The number of aromatic nitrogens is 3. The standard InChI is InChI=1S/C25H39N5O4S/c1-4-6-7-8-9-10-11-12-13-14-18-26-23-28-24(30-25(29-23)34-3)27-21-17-16-20(15-5-2)22(19-21)35(31,32)33/h5,15-17,19H,4,6-14,18H2,1-3H3,(H,31,32,33)(H2,26,27,28,29,30)/b15-5+. The van der Waals surface area contributed by atoms with Crippen molar-refractivity contribution in [3.63, 3.8) is 0 Å². The first kappa shape index (κ1) is 28.5. The van der Waals surface area contributed by atoms with E-state index in [-0.39, 0.29) is 16.9 Å². The normalized spacial score (nSPS) is 11.7. The molecule has 2 aromatic rings. The molecule has 0 aliphatic carbocycles. The van der Waals surface area contributed by atoms with E-state index in [0.29, 0.717) is 17.2 Å². The van der Waals surface area contributed by atoms with E-state index in [1.807, 2.05) is 0 Å². The van der Waals surface area contributed by atoms with Gasteiger partial charge in [0.1, 0.15) is 4.90 Å². The summed E-state index contributed by atoms with van der Waals surface area (Å²) in [5.41, 5.74) is 0.785. The molecule has 9 nitrogen and oxygen atoms in total. The fourth-order valence-corrected chi connectivity index (χ4v) is 4.39. The number of hydrogen-bond acceptors (Lipinski definition) is 8. The van der Waals surface area contributed by atoms with Gasteiger partial charge in [-0.2, -0.15) is 23.4 Å². The van der Waals surface area contributed by atoms with E-state index in [2.05, 4.69) is 32.5 Å². The average Bonchev–Trinajstić information content (AvgIpc) is 2.83. The Bertz CT molecular complexity index is 1040. The molecule has 2 rings (SSSR count). The average molecular weight is 506 g/mol. The van der Waals surface area contributed by atoms with Gasteiger partial charge in [-0.1, -0.05) is 82.9 Å². The Balaban J connectivity index is 1.90. The Hall–Kier alpha value is -2.72. The predicted molar refractivity (Wildman–Crippen MR) is 141 cm³/mol. The van der Waals surface area contributed by atoms with Gasteiger partial charge in [0.25, 0.3) is 10.1 Å². The number of nitrogens with one attached hydrogen (secondary N) is 2. The van der Waals surface area contributed by atoms with Gasteiger partial charge in [0.05, 0.1) is 7.11 Å². The van der Waals surface area contributed by atoms with Crippen LogP contribution >= 0.6 is 0 Å². The van der Waals surface area contributed by atoms with Crippen LogP contribution < -0.4 is 15.4 Å². The maximum Gasteiger partial charge on any atom is 0.322 e. The van der Waals surface area contributed by atoms with Crippen LogP contribution in [0.3, 0.4) is 0 Å². The molecule has 0 aliphatic rings. The molecule has 0 saturated carbocycles. The molecule has 0 radical (unpaired) electrons. The second-order valence-electron chi connectivity index (χ2n) is 8.43. The van der Waals surface area contributed by atoms with Gasteiger partial charge in [-0.3, -0.25) is 4.55 Å². The van der Waals surface area contributed by atoms with Gasteiger partial charge >= 0.3 is 6.01 Å². The van der Waals surface area contributed by atoms with Crippen LogP contribution in [-0.2, 0) is 10.1 Å². The Morgan fingerprint density at radius 3 is 2.17 bits per heavy atom. The highest BCUT2D eigenvalue weighted by Gasteiger charge is 2.16. The van der Waals surface area contributed by atoms with Gasteiger partial charge in [-0.15, -0.1) is 0 Å². The molecule has 0 spiro atoms. The number of anilines is 3. The van der Waals surface area contributed by atoms with Gasteiger partial charge < -0.3 is 15.4 Å². The lowest BCUT2D eigenvalue weighted by molar-refractivity contribution is 0.379. The Labute approximate surface area is 209 Å². The summed E-state index contributed by atoms with van der Waals surface area (Å²) in [6.45, 7) is 4.74. The summed E-state index contributed by atoms with van der Waals surface area (Å²) in [7, 11) is -2.94. The quantitative estimate of drug-likeness (QED) is 0.169. The Kier molecular flexibility index (Phi) is 12.5. The molecule has 194 valence electrons. The van der Waals surface area contributed by atoms with E-state index in [0.717, 1.165) is 19.4 Å². The van der Waals surface area contributed by atoms with Crippen molar-refractivity contribution in [2.45, 2.75) is 83.0 Å². The van der Waals surface area contributed by atoms with Crippen LogP contribution in [0.1, 0.15) is 83.6 Å². The molecule has 0 amide bonds. The minimum atomic E-state index is -4.40. The van der Waals surface area contributed by atoms with E-state index < -0.39 is 10.1 Å². The molecule has 0 unspecified atom stereocenters. The highest BCUT2D eigenvalue weighted by atomic mass is 32.2. The molecule has 0 bridgehead atoms. The number of ether oxygens (including phenoxy) is 1. The largest absolute Gasteiger partial charge is 0.467 e. The number of rotatable bonds is 17. The number of benzene rings is 1. The van der Waals surface area contributed by atoms with Crippen LogP contribution in [0, 0.1) is 0 Å². The van der Waals surface area contributed by atoms with Gasteiger partial charge in [-0.05, 0) is 31.0 Å². The van der Waals surface area contributed by atoms with Gasteiger partial charge in [0, 0.05) is 12.2 Å². The summed E-state index contributed by atoms with van der Waals surface area (Å²) >= 11 is 0. The minimum absolute atomic E-state index is 0.133. The molecule has 0 atom stereocenters. The number of nitrogens with zero attached hydrogens (tertiary/aromatic N) is 3. The number of unbranched alkanes of at least 4 members (excludes halogenated alkanes) is 9. The van der Waals surface area contributed by atoms with E-state index in [4.69, 9.17) is 4.74 Å². The van der Waals surface area contributed by atoms with Crippen molar-refractivity contribution < 1.29 is 17.7 Å². The molecular weight excluding hydrogens is 466 g/mol. The topological polar surface area (TPSA) is 126 Å². The summed E-state index contributed by atoms with van der Waals surface area (Å²) < 4.78 is 38.4. The zero-order valence-corrected chi connectivity index (χ0v) is 21.9. The highest BCUT2D eigenvalue weighted by Crippen LogP contribution is 2.24. The van der Waals surface area contributed by atoms with Crippen LogP contribution in [0.5, 0.6) is 6.01 Å². The van der Waals surface area contributed by atoms with Crippen molar-refractivity contribution in [1.82, 2.24) is 15.0 Å². The second kappa shape index (κ2) is 15.3. The lowest BCUT2D eigenvalue weighted by atomic mass is 10.1. The van der Waals surface area contributed by atoms with Crippen LogP contribution in [0.2, 0.25) is 0 Å². The van der Waals surface area contributed by atoms with E-state index in [1.54, 1.807) is 31.2 Å². The summed E-state index contributed by atoms with van der Waals surface area (Å²) in [4.78, 5) is 12.6. The predicted octanol–water partition coefficient (Wildman–Crippen LogP) is 6.24. The molecule has 10 heteroatoms. The Morgan fingerprint density at radius 1 is 0.943 bits per heavy atom. The van der Waals surface area contributed by atoms with Crippen molar-refractivity contribution in [2.75, 3.05) is 24.3 Å². The third kappa shape index (κ3) is 10.6. The molecule has 0 aliphatic heterocycles. The lowest BCUT2D eigenvalue weighted by Crippen LogP contribution is -2.10. The monoisotopic (exact) mass is 505 g/mol. The zero-order chi connectivity index (χ0) is 25.5. The van der Waals surface area contributed by atoms with Gasteiger partial charge in [0.2, 0.25) is 11.9 Å². The van der Waals surface area contributed by atoms with Crippen LogP contribution in [-0.4, -0.2) is 41.6 Å². The molecule has 35 heavy (non-hydrogen) atoms. The number of methoxy groups -OCH3 is 1. The highest BCUT2D eigenvalue weighted by molar-refractivity contribution is 7.86. The first-order valence-corrected chi connectivity index (χ1v) is 13.9. The zero-order valence-electron chi connectivity index (χ0n) is 21.1. The van der Waals surface area contributed by atoms with Crippen molar-refractivity contribution in [3.05, 3.63) is 29.8 Å². The maximum absolute atomic E-state index is 11.8. The van der Waals surface area contributed by atoms with Crippen LogP contribution in [0.25, 0.3) is 6.08 Å². The SMILES string of the molecule is C/C=C/c1ccc(Nc2nc(NCCCCCCCCCCCC)nc(OC)n2)cc1S(=O)(=O)O. The van der Waals surface area contributed by atoms with Crippen LogP contribution in [0.4, 0.5) is 17.6 Å². The molecule has 0 saturated heterocycles. The second-order valence-corrected chi connectivity index (χ2v) is 9.82. The lowest BCUT2D eigenvalue weighted by Gasteiger charge is -2.11. The van der Waals surface area contributed by atoms with E-state index >= 15 is 0 Å². The number of hydrogen-bond donors (Lipinski definition) is 3. The fraction of sp³-hybridized carbons (Fsp3) is 0.560. The van der Waals surface area contributed by atoms with E-state index in [1.165, 1.54) is 64.5 Å². The molecule has 1 heterocycles. The Morgan fingerprint density at radius 2 is 1.57 bits per heavy atom. The maximum atomic E-state index is 11.8. The minimum Gasteiger partial charge on any atom is -0.467 e. The first-order chi connectivity index (χ1) is 16.9. The summed E-state index contributed by atoms with van der Waals surface area (Å²) in [6, 6.07) is 4.73. The van der Waals surface area contributed by atoms with Gasteiger partial charge in [0.15, 0.2) is 0 Å². The fourth-order valence-electron chi connectivity index (χ4n) is 3.68. The van der Waals surface area contributed by atoms with Gasteiger partial charge in [-0.25, -0.2) is 0 Å². The molecule has 1 aromatic heterocycles. The van der Waals surface area contributed by atoms with Crippen molar-refractivity contribution >= 4 is 33.8 Å². The third-order valence-electron chi connectivity index (χ3n) is 5.50. The number of allylic oxidation sites excluding steroid dienone is 1. The van der Waals surface area contributed by atoms with Crippen molar-refractivity contribution in [1.29, 1.82) is 0 Å².